The summed E-state index contributed by atoms with van der Waals surface area (Å²) in [6.07, 6.45) is -2.18. The molecule has 0 heterocycles. The number of carbonyl (C=O) groups excluding carboxylic acids is 3. The molecular formula is C22H33NO9. The molecule has 1 aromatic carbocycles. The van der Waals surface area contributed by atoms with Crippen molar-refractivity contribution in [2.24, 2.45) is 0 Å². The summed E-state index contributed by atoms with van der Waals surface area (Å²) in [6.45, 7) is 7.83. The van der Waals surface area contributed by atoms with Gasteiger partial charge in [-0.2, -0.15) is 0 Å². The van der Waals surface area contributed by atoms with Crippen molar-refractivity contribution in [3.05, 3.63) is 29.8 Å². The van der Waals surface area contributed by atoms with Gasteiger partial charge < -0.3 is 33.7 Å². The van der Waals surface area contributed by atoms with Gasteiger partial charge in [-0.25, -0.2) is 14.4 Å². The van der Waals surface area contributed by atoms with Crippen LogP contribution in [0.3, 0.4) is 0 Å². The van der Waals surface area contributed by atoms with E-state index in [9.17, 15) is 14.4 Å². The molecular weight excluding hydrogens is 422 g/mol. The van der Waals surface area contributed by atoms with E-state index in [1.54, 1.807) is 46.8 Å². The molecule has 1 N–H and O–H groups in total. The fraction of sp³-hybridized carbons (Fsp3) is 0.591. The standard InChI is InChI=1S/C22H33NO9/c1-21(2,3)32-20(26)23-16(17(19(25)28-7)31-22(4,5)29-8)13-30-18(24)14-9-11-15(27-6)12-10-14/h9-12,16-17H,13H2,1-8H3,(H,23,26)/t16-,17+/m1/s1. The van der Waals surface area contributed by atoms with Crippen LogP contribution in [0.4, 0.5) is 4.79 Å². The van der Waals surface area contributed by atoms with Gasteiger partial charge >= 0.3 is 18.0 Å². The smallest absolute Gasteiger partial charge is 0.408 e. The molecule has 0 aromatic heterocycles. The molecule has 0 bridgehead atoms. The van der Waals surface area contributed by atoms with Crippen LogP contribution in [0.25, 0.3) is 0 Å². The Morgan fingerprint density at radius 1 is 0.969 bits per heavy atom. The molecule has 0 unspecified atom stereocenters. The monoisotopic (exact) mass is 455 g/mol. The Morgan fingerprint density at radius 3 is 2.03 bits per heavy atom. The van der Waals surface area contributed by atoms with E-state index < -0.39 is 48.2 Å². The van der Waals surface area contributed by atoms with Crippen molar-refractivity contribution >= 4 is 18.0 Å². The zero-order chi connectivity index (χ0) is 24.5. The van der Waals surface area contributed by atoms with Gasteiger partial charge in [0.25, 0.3) is 0 Å². The van der Waals surface area contributed by atoms with Crippen LogP contribution in [0.5, 0.6) is 5.75 Å². The van der Waals surface area contributed by atoms with Crippen molar-refractivity contribution in [1.29, 1.82) is 0 Å². The first-order chi connectivity index (χ1) is 14.8. The topological polar surface area (TPSA) is 119 Å². The van der Waals surface area contributed by atoms with E-state index in [0.29, 0.717) is 5.75 Å². The third-order valence-electron chi connectivity index (χ3n) is 4.12. The predicted octanol–water partition coefficient (Wildman–Crippen LogP) is 2.69. The lowest BCUT2D eigenvalue weighted by Crippen LogP contribution is -2.55. The van der Waals surface area contributed by atoms with Gasteiger partial charge in [0.05, 0.1) is 19.8 Å². The molecule has 0 saturated carbocycles. The van der Waals surface area contributed by atoms with Crippen LogP contribution in [0.2, 0.25) is 0 Å². The molecule has 0 spiro atoms. The normalized spacial score (nSPS) is 13.5. The predicted molar refractivity (Wildman–Crippen MR) is 114 cm³/mol. The number of ether oxygens (including phenoxy) is 6. The molecule has 1 rings (SSSR count). The fourth-order valence-corrected chi connectivity index (χ4v) is 2.40. The largest absolute Gasteiger partial charge is 0.497 e. The van der Waals surface area contributed by atoms with Crippen molar-refractivity contribution in [2.45, 2.75) is 58.2 Å². The number of methoxy groups -OCH3 is 3. The van der Waals surface area contributed by atoms with Gasteiger partial charge in [-0.05, 0) is 58.9 Å². The molecule has 0 aliphatic carbocycles. The van der Waals surface area contributed by atoms with Crippen molar-refractivity contribution in [1.82, 2.24) is 5.32 Å². The average Bonchev–Trinajstić information content (AvgIpc) is 2.73. The Balaban J connectivity index is 3.08. The summed E-state index contributed by atoms with van der Waals surface area (Å²) < 4.78 is 31.4. The molecule has 10 nitrogen and oxygen atoms in total. The summed E-state index contributed by atoms with van der Waals surface area (Å²) >= 11 is 0. The zero-order valence-corrected chi connectivity index (χ0v) is 19.8. The van der Waals surface area contributed by atoms with E-state index in [4.69, 9.17) is 28.4 Å². The van der Waals surface area contributed by atoms with Gasteiger partial charge in [-0.1, -0.05) is 0 Å². The van der Waals surface area contributed by atoms with Crippen molar-refractivity contribution in [3.63, 3.8) is 0 Å². The molecule has 0 fully saturated rings. The summed E-state index contributed by atoms with van der Waals surface area (Å²) in [7, 11) is 4.08. The van der Waals surface area contributed by atoms with Gasteiger partial charge in [0.1, 0.15) is 24.0 Å². The lowest BCUT2D eigenvalue weighted by molar-refractivity contribution is -0.235. The van der Waals surface area contributed by atoms with Crippen LogP contribution >= 0.6 is 0 Å². The van der Waals surface area contributed by atoms with Crippen LogP contribution in [0.15, 0.2) is 24.3 Å². The van der Waals surface area contributed by atoms with E-state index in [1.165, 1.54) is 33.5 Å². The Hall–Kier alpha value is -2.85. The molecule has 180 valence electrons. The highest BCUT2D eigenvalue weighted by Crippen LogP contribution is 2.18. The minimum absolute atomic E-state index is 0.259. The summed E-state index contributed by atoms with van der Waals surface area (Å²) in [6, 6.07) is 5.14. The second-order valence-corrected chi connectivity index (χ2v) is 8.25. The Morgan fingerprint density at radius 2 is 1.56 bits per heavy atom. The molecule has 0 aliphatic heterocycles. The number of benzene rings is 1. The van der Waals surface area contributed by atoms with Gasteiger partial charge in [-0.3, -0.25) is 0 Å². The number of rotatable bonds is 10. The minimum atomic E-state index is -1.36. The highest BCUT2D eigenvalue weighted by molar-refractivity contribution is 5.89. The first-order valence-corrected chi connectivity index (χ1v) is 9.93. The average molecular weight is 456 g/mol. The summed E-state index contributed by atoms with van der Waals surface area (Å²) in [5.41, 5.74) is -0.531. The third-order valence-corrected chi connectivity index (χ3v) is 4.12. The van der Waals surface area contributed by atoms with E-state index >= 15 is 0 Å². The summed E-state index contributed by atoms with van der Waals surface area (Å²) in [4.78, 5) is 37.3. The number of hydrogen-bond donors (Lipinski definition) is 1. The number of amides is 1. The van der Waals surface area contributed by atoms with E-state index in [-0.39, 0.29) is 5.56 Å². The molecule has 1 aromatic rings. The van der Waals surface area contributed by atoms with Gasteiger partial charge in [0.2, 0.25) is 0 Å². The molecule has 0 saturated heterocycles. The van der Waals surface area contributed by atoms with Crippen molar-refractivity contribution in [2.75, 3.05) is 27.9 Å². The number of esters is 2. The third kappa shape index (κ3) is 9.11. The highest BCUT2D eigenvalue weighted by Gasteiger charge is 2.38. The number of nitrogens with one attached hydrogen (secondary N) is 1. The van der Waals surface area contributed by atoms with E-state index in [0.717, 1.165) is 0 Å². The number of alkyl carbamates (subject to hydrolysis) is 1. The number of hydrogen-bond acceptors (Lipinski definition) is 9. The molecule has 0 radical (unpaired) electrons. The first kappa shape index (κ1) is 27.2. The van der Waals surface area contributed by atoms with Gasteiger partial charge in [-0.15, -0.1) is 0 Å². The lowest BCUT2D eigenvalue weighted by Gasteiger charge is -2.33. The fourth-order valence-electron chi connectivity index (χ4n) is 2.40. The summed E-state index contributed by atoms with van der Waals surface area (Å²) in [5, 5.41) is 2.52. The molecule has 10 heteroatoms. The Bertz CT molecular complexity index is 769. The van der Waals surface area contributed by atoms with Crippen molar-refractivity contribution < 1.29 is 42.8 Å². The first-order valence-electron chi connectivity index (χ1n) is 9.93. The number of carbonyl (C=O) groups is 3. The second-order valence-electron chi connectivity index (χ2n) is 8.25. The second kappa shape index (κ2) is 11.7. The molecule has 0 aliphatic rings. The Kier molecular flexibility index (Phi) is 9.92. The maximum Gasteiger partial charge on any atom is 0.408 e. The van der Waals surface area contributed by atoms with Crippen molar-refractivity contribution in [3.8, 4) is 5.75 Å². The molecule has 32 heavy (non-hydrogen) atoms. The maximum absolute atomic E-state index is 12.5. The minimum Gasteiger partial charge on any atom is -0.497 e. The summed E-state index contributed by atoms with van der Waals surface area (Å²) in [5.74, 6) is -2.09. The van der Waals surface area contributed by atoms with Gasteiger partial charge in [0.15, 0.2) is 11.9 Å². The quantitative estimate of drug-likeness (QED) is 0.323. The van der Waals surface area contributed by atoms with E-state index in [2.05, 4.69) is 5.32 Å². The highest BCUT2D eigenvalue weighted by atomic mass is 16.7. The maximum atomic E-state index is 12.5. The van der Waals surface area contributed by atoms with Crippen LogP contribution in [0, 0.1) is 0 Å². The van der Waals surface area contributed by atoms with Gasteiger partial charge in [0, 0.05) is 7.11 Å². The van der Waals surface area contributed by atoms with Crippen LogP contribution in [-0.2, 0) is 28.5 Å². The SMILES string of the molecule is COC(=O)[C@@H](OC(C)(C)OC)[C@@H](COC(=O)c1ccc(OC)cc1)NC(=O)OC(C)(C)C. The lowest BCUT2D eigenvalue weighted by atomic mass is 10.1. The van der Waals surface area contributed by atoms with Crippen LogP contribution in [-0.4, -0.2) is 69.5 Å². The van der Waals surface area contributed by atoms with Crippen LogP contribution in [0.1, 0.15) is 45.0 Å². The van der Waals surface area contributed by atoms with E-state index in [1.807, 2.05) is 0 Å². The van der Waals surface area contributed by atoms with Crippen LogP contribution < -0.4 is 10.1 Å². The Labute approximate surface area is 188 Å². The molecule has 1 amide bonds. The molecule has 2 atom stereocenters. The zero-order valence-electron chi connectivity index (χ0n) is 19.8.